The van der Waals surface area contributed by atoms with Crippen LogP contribution >= 0.6 is 0 Å². The van der Waals surface area contributed by atoms with E-state index in [9.17, 15) is 27.9 Å². The maximum Gasteiger partial charge on any atom is 0.416 e. The van der Waals surface area contributed by atoms with E-state index in [1.807, 2.05) is 0 Å². The van der Waals surface area contributed by atoms with Crippen molar-refractivity contribution in [2.45, 2.75) is 6.18 Å². The van der Waals surface area contributed by atoms with E-state index in [1.165, 1.54) is 55.4 Å². The van der Waals surface area contributed by atoms with Gasteiger partial charge in [0.05, 0.1) is 16.8 Å². The van der Waals surface area contributed by atoms with Gasteiger partial charge in [-0.05, 0) is 47.5 Å². The average Bonchev–Trinajstić information content (AvgIpc) is 2.73. The van der Waals surface area contributed by atoms with Crippen molar-refractivity contribution in [2.24, 2.45) is 0 Å². The molecule has 3 aromatic carbocycles. The second-order valence-corrected chi connectivity index (χ2v) is 7.00. The number of alkyl halides is 3. The Hall–Kier alpha value is -3.81. The minimum atomic E-state index is -4.45. The van der Waals surface area contributed by atoms with E-state index in [0.717, 1.165) is 12.1 Å². The first-order valence-electron chi connectivity index (χ1n) is 9.20. The highest BCUT2D eigenvalue weighted by molar-refractivity contribution is 6.11. The summed E-state index contributed by atoms with van der Waals surface area (Å²) in [5, 5.41) is 12.4. The number of nitrogens with one attached hydrogen (secondary N) is 1. The lowest BCUT2D eigenvalue weighted by Gasteiger charge is -2.16. The maximum absolute atomic E-state index is 13.0. The fourth-order valence-electron chi connectivity index (χ4n) is 3.02. The molecule has 31 heavy (non-hydrogen) atoms. The van der Waals surface area contributed by atoms with E-state index in [1.54, 1.807) is 18.2 Å². The minimum Gasteiger partial charge on any atom is -0.508 e. The van der Waals surface area contributed by atoms with Gasteiger partial charge in [0.15, 0.2) is 0 Å². The van der Waals surface area contributed by atoms with Crippen molar-refractivity contribution < 1.29 is 27.9 Å². The lowest BCUT2D eigenvalue weighted by molar-refractivity contribution is -0.137. The number of carbonyl (C=O) groups excluding carboxylic acids is 2. The van der Waals surface area contributed by atoms with Crippen molar-refractivity contribution in [1.82, 2.24) is 4.90 Å². The van der Waals surface area contributed by atoms with Crippen LogP contribution in [-0.2, 0) is 6.18 Å². The van der Waals surface area contributed by atoms with Crippen molar-refractivity contribution >= 4 is 17.5 Å². The standard InChI is InChI=1S/C23H19F3N2O3/c1-28(2)22(31)19-13-16(29)11-12-20(19)27-21(30)18-6-4-3-5-17(18)14-7-9-15(10-8-14)23(24,25)26/h3-13,29H,1-2H3,(H,27,30). The van der Waals surface area contributed by atoms with Crippen molar-refractivity contribution in [1.29, 1.82) is 0 Å². The summed E-state index contributed by atoms with van der Waals surface area (Å²) in [4.78, 5) is 26.7. The van der Waals surface area contributed by atoms with Crippen LogP contribution in [0.15, 0.2) is 66.7 Å². The molecule has 0 unspecified atom stereocenters. The van der Waals surface area contributed by atoms with Crippen LogP contribution in [0.5, 0.6) is 5.75 Å². The van der Waals surface area contributed by atoms with Gasteiger partial charge in [-0.15, -0.1) is 0 Å². The summed E-state index contributed by atoms with van der Waals surface area (Å²) in [6.07, 6.45) is -4.45. The number of hydrogen-bond acceptors (Lipinski definition) is 3. The molecule has 3 rings (SSSR count). The number of benzene rings is 3. The zero-order valence-electron chi connectivity index (χ0n) is 16.7. The van der Waals surface area contributed by atoms with Gasteiger partial charge >= 0.3 is 6.18 Å². The van der Waals surface area contributed by atoms with Gasteiger partial charge in [-0.25, -0.2) is 0 Å². The third-order valence-electron chi connectivity index (χ3n) is 4.58. The van der Waals surface area contributed by atoms with Crippen molar-refractivity contribution in [3.8, 4) is 16.9 Å². The molecule has 2 amide bonds. The van der Waals surface area contributed by atoms with Crippen LogP contribution in [0.2, 0.25) is 0 Å². The fourth-order valence-corrected chi connectivity index (χ4v) is 3.02. The Morgan fingerprint density at radius 2 is 1.55 bits per heavy atom. The molecule has 0 radical (unpaired) electrons. The third kappa shape index (κ3) is 4.85. The number of carbonyl (C=O) groups is 2. The monoisotopic (exact) mass is 428 g/mol. The normalized spacial score (nSPS) is 11.1. The third-order valence-corrected chi connectivity index (χ3v) is 4.58. The van der Waals surface area contributed by atoms with E-state index in [4.69, 9.17) is 0 Å². The van der Waals surface area contributed by atoms with Gasteiger partial charge in [0.2, 0.25) is 0 Å². The van der Waals surface area contributed by atoms with Crippen molar-refractivity contribution in [2.75, 3.05) is 19.4 Å². The molecule has 0 aliphatic rings. The lowest BCUT2D eigenvalue weighted by atomic mass is 9.98. The smallest absolute Gasteiger partial charge is 0.416 e. The van der Waals surface area contributed by atoms with E-state index < -0.39 is 23.6 Å². The highest BCUT2D eigenvalue weighted by Crippen LogP contribution is 2.32. The van der Waals surface area contributed by atoms with Gasteiger partial charge in [-0.3, -0.25) is 9.59 Å². The van der Waals surface area contributed by atoms with Crippen LogP contribution in [0.3, 0.4) is 0 Å². The Labute approximate surface area is 176 Å². The largest absolute Gasteiger partial charge is 0.508 e. The van der Waals surface area contributed by atoms with Gasteiger partial charge in [-0.2, -0.15) is 13.2 Å². The number of hydrogen-bond donors (Lipinski definition) is 2. The molecule has 0 fully saturated rings. The molecule has 0 atom stereocenters. The zero-order valence-corrected chi connectivity index (χ0v) is 16.7. The summed E-state index contributed by atoms with van der Waals surface area (Å²) >= 11 is 0. The summed E-state index contributed by atoms with van der Waals surface area (Å²) in [7, 11) is 3.08. The quantitative estimate of drug-likeness (QED) is 0.573. The summed E-state index contributed by atoms with van der Waals surface area (Å²) < 4.78 is 38.5. The van der Waals surface area contributed by atoms with Gasteiger partial charge in [0, 0.05) is 19.7 Å². The van der Waals surface area contributed by atoms with Crippen molar-refractivity contribution in [3.05, 3.63) is 83.4 Å². The molecule has 2 N–H and O–H groups in total. The first-order chi connectivity index (χ1) is 14.6. The minimum absolute atomic E-state index is 0.102. The number of nitrogens with zero attached hydrogens (tertiary/aromatic N) is 1. The summed E-state index contributed by atoms with van der Waals surface area (Å²) in [5.74, 6) is -1.09. The molecule has 0 spiro atoms. The van der Waals surface area contributed by atoms with Gasteiger partial charge in [0.1, 0.15) is 5.75 Å². The van der Waals surface area contributed by atoms with Crippen LogP contribution in [0.1, 0.15) is 26.3 Å². The summed E-state index contributed by atoms with van der Waals surface area (Å²) in [6, 6.07) is 15.0. The Kier molecular flexibility index (Phi) is 6.01. The van der Waals surface area contributed by atoms with Crippen LogP contribution in [0.4, 0.5) is 18.9 Å². The Morgan fingerprint density at radius 3 is 2.16 bits per heavy atom. The summed E-state index contributed by atoms with van der Waals surface area (Å²) in [6.45, 7) is 0. The fraction of sp³-hybridized carbons (Fsp3) is 0.130. The van der Waals surface area contributed by atoms with Crippen LogP contribution in [0.25, 0.3) is 11.1 Å². The van der Waals surface area contributed by atoms with E-state index in [2.05, 4.69) is 5.32 Å². The number of amides is 2. The number of anilines is 1. The molecular weight excluding hydrogens is 409 g/mol. The molecule has 0 aromatic heterocycles. The van der Waals surface area contributed by atoms with Crippen LogP contribution in [0, 0.1) is 0 Å². The molecule has 5 nitrogen and oxygen atoms in total. The topological polar surface area (TPSA) is 69.6 Å². The molecule has 160 valence electrons. The predicted octanol–water partition coefficient (Wildman–Crippen LogP) is 5.03. The first kappa shape index (κ1) is 21.9. The lowest BCUT2D eigenvalue weighted by Crippen LogP contribution is -2.24. The van der Waals surface area contributed by atoms with E-state index in [-0.39, 0.29) is 22.6 Å². The van der Waals surface area contributed by atoms with E-state index >= 15 is 0 Å². The Bertz CT molecular complexity index is 1120. The first-order valence-corrected chi connectivity index (χ1v) is 9.20. The number of halogens is 3. The molecule has 3 aromatic rings. The second kappa shape index (κ2) is 8.51. The Morgan fingerprint density at radius 1 is 0.903 bits per heavy atom. The van der Waals surface area contributed by atoms with Crippen LogP contribution in [-0.4, -0.2) is 35.9 Å². The second-order valence-electron chi connectivity index (χ2n) is 7.00. The highest BCUT2D eigenvalue weighted by atomic mass is 19.4. The molecule has 0 saturated carbocycles. The van der Waals surface area contributed by atoms with Gasteiger partial charge in [0.25, 0.3) is 11.8 Å². The van der Waals surface area contributed by atoms with Crippen LogP contribution < -0.4 is 5.32 Å². The molecule has 0 aliphatic carbocycles. The molecule has 0 heterocycles. The highest BCUT2D eigenvalue weighted by Gasteiger charge is 2.30. The SMILES string of the molecule is CN(C)C(=O)c1cc(O)ccc1NC(=O)c1ccccc1-c1ccc(C(F)(F)F)cc1. The predicted molar refractivity (Wildman–Crippen MR) is 111 cm³/mol. The number of aromatic hydroxyl groups is 1. The van der Waals surface area contributed by atoms with Gasteiger partial charge in [-0.1, -0.05) is 30.3 Å². The van der Waals surface area contributed by atoms with Gasteiger partial charge < -0.3 is 15.3 Å². The van der Waals surface area contributed by atoms with Crippen molar-refractivity contribution in [3.63, 3.8) is 0 Å². The summed E-state index contributed by atoms with van der Waals surface area (Å²) in [5.41, 5.74) is 0.615. The van der Waals surface area contributed by atoms with E-state index in [0.29, 0.717) is 11.1 Å². The molecule has 0 saturated heterocycles. The number of phenols is 1. The number of phenolic OH excluding ortho intramolecular Hbond substituents is 1. The Balaban J connectivity index is 1.96. The zero-order chi connectivity index (χ0) is 22.8. The molecular formula is C23H19F3N2O3. The molecule has 8 heteroatoms. The molecule has 0 aliphatic heterocycles. The molecule has 0 bridgehead atoms. The number of rotatable bonds is 4. The average molecular weight is 428 g/mol. The maximum atomic E-state index is 13.0.